The van der Waals surface area contributed by atoms with E-state index in [0.717, 1.165) is 18.0 Å². The fourth-order valence-electron chi connectivity index (χ4n) is 1.94. The van der Waals surface area contributed by atoms with E-state index in [2.05, 4.69) is 34.9 Å². The van der Waals surface area contributed by atoms with Crippen LogP contribution in [0.3, 0.4) is 0 Å². The Labute approximate surface area is 149 Å². The number of nitrogens with zero attached hydrogens (tertiary/aromatic N) is 5. The normalized spacial score (nSPS) is 11.3. The number of alkyl halides is 3. The minimum Gasteiger partial charge on any atom is -0.444 e. The minimum atomic E-state index is -4.75. The fraction of sp³-hybridized carbons (Fsp3) is 0.200. The lowest BCUT2D eigenvalue weighted by molar-refractivity contribution is -0.159. The highest BCUT2D eigenvalue weighted by Crippen LogP contribution is 2.29. The summed E-state index contributed by atoms with van der Waals surface area (Å²) in [5.74, 6) is -1.91. The molecule has 0 radical (unpaired) electrons. The molecule has 0 spiro atoms. The number of carbonyl (C=O) groups is 1. The van der Waals surface area contributed by atoms with Crippen LogP contribution in [0.1, 0.15) is 17.0 Å². The maximum atomic E-state index is 12.4. The van der Waals surface area contributed by atoms with E-state index in [4.69, 9.17) is 4.74 Å². The highest BCUT2D eigenvalue weighted by molar-refractivity contribution is 5.82. The summed E-state index contributed by atoms with van der Waals surface area (Å²) in [7, 11) is 0. The number of carbonyl (C=O) groups excluding carboxylic acids is 1. The van der Waals surface area contributed by atoms with E-state index in [1.54, 1.807) is 12.4 Å². The molecule has 1 N–H and O–H groups in total. The Morgan fingerprint density at radius 1 is 1.22 bits per heavy atom. The van der Waals surface area contributed by atoms with Crippen LogP contribution < -0.4 is 5.32 Å². The van der Waals surface area contributed by atoms with Crippen LogP contribution in [0.15, 0.2) is 35.4 Å². The van der Waals surface area contributed by atoms with Crippen molar-refractivity contribution in [1.82, 2.24) is 25.1 Å². The van der Waals surface area contributed by atoms with Crippen molar-refractivity contribution in [3.8, 4) is 11.4 Å². The molecule has 1 amide bonds. The zero-order valence-corrected chi connectivity index (χ0v) is 13.7. The molecule has 0 bridgehead atoms. The molecule has 0 fully saturated rings. The quantitative estimate of drug-likeness (QED) is 0.734. The predicted molar refractivity (Wildman–Crippen MR) is 83.1 cm³/mol. The summed E-state index contributed by atoms with van der Waals surface area (Å²) in [6.07, 6.45) is -0.0462. The zero-order chi connectivity index (χ0) is 19.4. The summed E-state index contributed by atoms with van der Waals surface area (Å²) < 4.78 is 46.5. The van der Waals surface area contributed by atoms with Gasteiger partial charge in [0.1, 0.15) is 6.61 Å². The van der Waals surface area contributed by atoms with Gasteiger partial charge in [0.05, 0.1) is 5.56 Å². The molecule has 27 heavy (non-hydrogen) atoms. The summed E-state index contributed by atoms with van der Waals surface area (Å²) in [6, 6.07) is 1.81. The SMILES string of the molecule is Cc1cncc(COC(=O)Nc2ncc(-c3noc(C(F)(F)F)n3)cn2)c1. The molecule has 12 heteroatoms. The van der Waals surface area contributed by atoms with Crippen molar-refractivity contribution < 1.29 is 27.2 Å². The molecular formula is C15H11F3N6O3. The number of nitrogens with one attached hydrogen (secondary N) is 1. The fourth-order valence-corrected chi connectivity index (χ4v) is 1.94. The summed E-state index contributed by atoms with van der Waals surface area (Å²) in [4.78, 5) is 26.5. The number of anilines is 1. The molecule has 0 saturated carbocycles. The van der Waals surface area contributed by atoms with Crippen LogP contribution in [0, 0.1) is 6.92 Å². The van der Waals surface area contributed by atoms with E-state index in [0.29, 0.717) is 5.56 Å². The summed E-state index contributed by atoms with van der Waals surface area (Å²) in [6.45, 7) is 1.86. The number of rotatable bonds is 4. The van der Waals surface area contributed by atoms with E-state index < -0.39 is 18.2 Å². The molecule has 140 valence electrons. The third-order valence-electron chi connectivity index (χ3n) is 3.09. The molecular weight excluding hydrogens is 369 g/mol. The second kappa shape index (κ2) is 7.35. The van der Waals surface area contributed by atoms with Gasteiger partial charge in [0.2, 0.25) is 11.8 Å². The van der Waals surface area contributed by atoms with Crippen molar-refractivity contribution in [2.45, 2.75) is 19.7 Å². The lowest BCUT2D eigenvalue weighted by Gasteiger charge is -2.06. The Kier molecular flexibility index (Phi) is 4.96. The van der Waals surface area contributed by atoms with E-state index in [1.807, 2.05) is 13.0 Å². The van der Waals surface area contributed by atoms with Crippen LogP contribution in [0.4, 0.5) is 23.9 Å². The number of aryl methyl sites for hydroxylation is 1. The molecule has 0 aromatic carbocycles. The van der Waals surface area contributed by atoms with Gasteiger partial charge in [0, 0.05) is 30.4 Å². The van der Waals surface area contributed by atoms with Gasteiger partial charge in [-0.25, -0.2) is 14.8 Å². The van der Waals surface area contributed by atoms with Gasteiger partial charge in [0.15, 0.2) is 0 Å². The third kappa shape index (κ3) is 4.74. The van der Waals surface area contributed by atoms with Gasteiger partial charge < -0.3 is 9.26 Å². The highest BCUT2D eigenvalue weighted by Gasteiger charge is 2.38. The molecule has 0 aliphatic heterocycles. The van der Waals surface area contributed by atoms with Gasteiger partial charge >= 0.3 is 18.2 Å². The average Bonchev–Trinajstić information content (AvgIpc) is 3.11. The second-order valence-corrected chi connectivity index (χ2v) is 5.29. The minimum absolute atomic E-state index is 0.00166. The molecule has 0 unspecified atom stereocenters. The first kappa shape index (κ1) is 18.2. The van der Waals surface area contributed by atoms with Gasteiger partial charge in [-0.3, -0.25) is 10.3 Å². The van der Waals surface area contributed by atoms with Crippen LogP contribution in [0.2, 0.25) is 0 Å². The number of ether oxygens (including phenoxy) is 1. The first-order chi connectivity index (χ1) is 12.8. The maximum Gasteiger partial charge on any atom is 0.471 e. The van der Waals surface area contributed by atoms with E-state index >= 15 is 0 Å². The Morgan fingerprint density at radius 3 is 2.59 bits per heavy atom. The van der Waals surface area contributed by atoms with Crippen molar-refractivity contribution in [1.29, 1.82) is 0 Å². The van der Waals surface area contributed by atoms with E-state index in [-0.39, 0.29) is 23.9 Å². The van der Waals surface area contributed by atoms with Crippen molar-refractivity contribution in [3.05, 3.63) is 47.9 Å². The molecule has 0 aliphatic carbocycles. The van der Waals surface area contributed by atoms with Crippen molar-refractivity contribution in [2.75, 3.05) is 5.32 Å². The highest BCUT2D eigenvalue weighted by atomic mass is 19.4. The number of hydrogen-bond acceptors (Lipinski definition) is 8. The standard InChI is InChI=1S/C15H11F3N6O3/c1-8-2-9(4-19-3-8)7-26-14(25)23-13-20-5-10(6-21-13)11-22-12(27-24-11)15(16,17)18/h2-6H,7H2,1H3,(H,20,21,23,25). The first-order valence-corrected chi connectivity index (χ1v) is 7.39. The Balaban J connectivity index is 1.58. The Hall–Kier alpha value is -3.57. The number of amides is 1. The molecule has 0 aliphatic rings. The maximum absolute atomic E-state index is 12.4. The lowest BCUT2D eigenvalue weighted by Crippen LogP contribution is -2.15. The lowest BCUT2D eigenvalue weighted by atomic mass is 10.2. The molecule has 9 nitrogen and oxygen atoms in total. The van der Waals surface area contributed by atoms with Gasteiger partial charge in [-0.2, -0.15) is 18.2 Å². The van der Waals surface area contributed by atoms with E-state index in [1.165, 1.54) is 0 Å². The molecule has 3 rings (SSSR count). The number of aromatic nitrogens is 5. The monoisotopic (exact) mass is 380 g/mol. The first-order valence-electron chi connectivity index (χ1n) is 7.39. The third-order valence-corrected chi connectivity index (χ3v) is 3.09. The van der Waals surface area contributed by atoms with E-state index in [9.17, 15) is 18.0 Å². The number of pyridine rings is 1. The molecule has 0 atom stereocenters. The molecule has 3 heterocycles. The zero-order valence-electron chi connectivity index (χ0n) is 13.7. The van der Waals surface area contributed by atoms with Crippen LogP contribution >= 0.6 is 0 Å². The summed E-state index contributed by atoms with van der Waals surface area (Å²) in [5, 5.41) is 5.50. The predicted octanol–water partition coefficient (Wildman–Crippen LogP) is 3.00. The largest absolute Gasteiger partial charge is 0.471 e. The van der Waals surface area contributed by atoms with Crippen molar-refractivity contribution in [2.24, 2.45) is 0 Å². The number of halogens is 3. The Bertz CT molecular complexity index is 942. The molecule has 3 aromatic heterocycles. The van der Waals surface area contributed by atoms with Crippen molar-refractivity contribution >= 4 is 12.0 Å². The van der Waals surface area contributed by atoms with Crippen molar-refractivity contribution in [3.63, 3.8) is 0 Å². The van der Waals surface area contributed by atoms with Gasteiger partial charge in [0.25, 0.3) is 0 Å². The summed E-state index contributed by atoms with van der Waals surface area (Å²) in [5.41, 5.74) is 1.71. The topological polar surface area (TPSA) is 116 Å². The van der Waals surface area contributed by atoms with Crippen LogP contribution in [0.5, 0.6) is 0 Å². The molecule has 0 saturated heterocycles. The molecule has 3 aromatic rings. The average molecular weight is 380 g/mol. The van der Waals surface area contributed by atoms with Crippen LogP contribution in [-0.2, 0) is 17.5 Å². The summed E-state index contributed by atoms with van der Waals surface area (Å²) >= 11 is 0. The van der Waals surface area contributed by atoms with Gasteiger partial charge in [-0.05, 0) is 18.6 Å². The van der Waals surface area contributed by atoms with Gasteiger partial charge in [-0.1, -0.05) is 5.16 Å². The number of hydrogen-bond donors (Lipinski definition) is 1. The van der Waals surface area contributed by atoms with Crippen LogP contribution in [0.25, 0.3) is 11.4 Å². The van der Waals surface area contributed by atoms with Gasteiger partial charge in [-0.15, -0.1) is 0 Å². The Morgan fingerprint density at radius 2 is 1.96 bits per heavy atom. The van der Waals surface area contributed by atoms with Crippen LogP contribution in [-0.4, -0.2) is 31.2 Å². The second-order valence-electron chi connectivity index (χ2n) is 5.29. The smallest absolute Gasteiger partial charge is 0.444 e.